The number of benzene rings is 7. The van der Waals surface area contributed by atoms with Crippen molar-refractivity contribution in [2.45, 2.75) is 6.17 Å². The second-order valence-corrected chi connectivity index (χ2v) is 11.4. The van der Waals surface area contributed by atoms with Gasteiger partial charge in [-0.15, -0.1) is 0 Å². The molecule has 1 atom stereocenters. The Kier molecular flexibility index (Phi) is 5.85. The first-order chi connectivity index (χ1) is 22.3. The zero-order valence-electron chi connectivity index (χ0n) is 24.3. The fourth-order valence-electron chi connectivity index (χ4n) is 6.59. The van der Waals surface area contributed by atoms with Gasteiger partial charge in [0.1, 0.15) is 23.2 Å². The molecule has 4 heteroatoms. The van der Waals surface area contributed by atoms with E-state index in [4.69, 9.17) is 14.4 Å². The number of hydrogen-bond acceptors (Lipinski definition) is 4. The second-order valence-electron chi connectivity index (χ2n) is 11.4. The Bertz CT molecular complexity index is 2470. The van der Waals surface area contributed by atoms with Gasteiger partial charge >= 0.3 is 0 Å². The van der Waals surface area contributed by atoms with Crippen LogP contribution in [-0.2, 0) is 0 Å². The van der Waals surface area contributed by atoms with Gasteiger partial charge in [-0.05, 0) is 56.4 Å². The van der Waals surface area contributed by atoms with Crippen molar-refractivity contribution in [3.63, 3.8) is 0 Å². The molecule has 1 aliphatic rings. The number of furan rings is 1. The molecule has 0 saturated carbocycles. The van der Waals surface area contributed by atoms with E-state index in [9.17, 15) is 0 Å². The van der Waals surface area contributed by atoms with Crippen LogP contribution in [0.25, 0.3) is 54.6 Å². The van der Waals surface area contributed by atoms with Crippen molar-refractivity contribution in [3.05, 3.63) is 168 Å². The summed E-state index contributed by atoms with van der Waals surface area (Å²) >= 11 is 0. The summed E-state index contributed by atoms with van der Waals surface area (Å²) in [4.78, 5) is 10.4. The first-order valence-electron chi connectivity index (χ1n) is 15.2. The van der Waals surface area contributed by atoms with E-state index < -0.39 is 0 Å². The molecule has 2 heterocycles. The SMILES string of the molecule is c1ccc(C2N=C(c3ccccc3-c3cccc4oc5ccccc5c34)N=C(c3ccc4c(ccc5ccccc54)c3)N2)cc1. The normalized spacial score (nSPS) is 14.9. The third kappa shape index (κ3) is 4.30. The zero-order valence-corrected chi connectivity index (χ0v) is 24.3. The van der Waals surface area contributed by atoms with Gasteiger partial charge in [0.25, 0.3) is 0 Å². The van der Waals surface area contributed by atoms with Crippen LogP contribution in [0.1, 0.15) is 22.9 Å². The number of rotatable bonds is 4. The van der Waals surface area contributed by atoms with Crippen LogP contribution in [0.15, 0.2) is 166 Å². The molecular formula is C41H27N3O. The number of aliphatic imine (C=N–C) groups is 2. The summed E-state index contributed by atoms with van der Waals surface area (Å²) in [5.41, 5.74) is 6.98. The van der Waals surface area contributed by atoms with Crippen molar-refractivity contribution in [1.29, 1.82) is 0 Å². The quantitative estimate of drug-likeness (QED) is 0.212. The minimum atomic E-state index is -0.292. The molecule has 8 aromatic rings. The third-order valence-electron chi connectivity index (χ3n) is 8.74. The second kappa shape index (κ2) is 10.3. The van der Waals surface area contributed by atoms with E-state index in [-0.39, 0.29) is 6.17 Å². The summed E-state index contributed by atoms with van der Waals surface area (Å²) < 4.78 is 6.24. The third-order valence-corrected chi connectivity index (χ3v) is 8.74. The van der Waals surface area contributed by atoms with Gasteiger partial charge in [0.2, 0.25) is 0 Å². The number of fused-ring (bicyclic) bond motifs is 6. The lowest BCUT2D eigenvalue weighted by Gasteiger charge is -2.24. The molecule has 9 rings (SSSR count). The lowest BCUT2D eigenvalue weighted by atomic mass is 9.94. The molecule has 45 heavy (non-hydrogen) atoms. The van der Waals surface area contributed by atoms with Crippen molar-refractivity contribution in [2.75, 3.05) is 0 Å². The molecule has 0 amide bonds. The standard InChI is InChI=1S/C41H27N3O/c1-2-12-27(13-3-1)39-42-40(29-23-24-31-28(25-29)22-21-26-11-4-5-14-30(26)31)44-41(43-39)34-16-7-6-15-32(34)33-18-10-20-37-38(33)35-17-8-9-19-36(35)45-37/h1-25,39H,(H,42,43,44). The van der Waals surface area contributed by atoms with Gasteiger partial charge in [-0.1, -0.05) is 133 Å². The van der Waals surface area contributed by atoms with Crippen LogP contribution in [-0.4, -0.2) is 11.7 Å². The minimum Gasteiger partial charge on any atom is -0.456 e. The van der Waals surface area contributed by atoms with E-state index in [2.05, 4.69) is 133 Å². The Hall–Kier alpha value is -6.00. The van der Waals surface area contributed by atoms with Crippen LogP contribution in [0.4, 0.5) is 0 Å². The number of amidine groups is 2. The highest BCUT2D eigenvalue weighted by atomic mass is 16.3. The summed E-state index contributed by atoms with van der Waals surface area (Å²) in [6.07, 6.45) is -0.292. The van der Waals surface area contributed by atoms with Gasteiger partial charge < -0.3 is 9.73 Å². The predicted molar refractivity (Wildman–Crippen MR) is 186 cm³/mol. The van der Waals surface area contributed by atoms with E-state index in [0.717, 1.165) is 55.6 Å². The molecular weight excluding hydrogens is 550 g/mol. The van der Waals surface area contributed by atoms with Crippen LogP contribution < -0.4 is 5.32 Å². The molecule has 1 aliphatic heterocycles. The summed E-state index contributed by atoms with van der Waals surface area (Å²) in [6, 6.07) is 52.8. The minimum absolute atomic E-state index is 0.292. The van der Waals surface area contributed by atoms with E-state index in [0.29, 0.717) is 5.84 Å². The van der Waals surface area contributed by atoms with Crippen LogP contribution in [0.2, 0.25) is 0 Å². The van der Waals surface area contributed by atoms with Crippen LogP contribution >= 0.6 is 0 Å². The van der Waals surface area contributed by atoms with E-state index >= 15 is 0 Å². The average Bonchev–Trinajstić information content (AvgIpc) is 3.50. The Morgan fingerprint density at radius 3 is 2.11 bits per heavy atom. The number of para-hydroxylation sites is 1. The Labute approximate surface area is 260 Å². The average molecular weight is 578 g/mol. The van der Waals surface area contributed by atoms with E-state index in [1.165, 1.54) is 21.5 Å². The van der Waals surface area contributed by atoms with Crippen molar-refractivity contribution >= 4 is 55.2 Å². The topological polar surface area (TPSA) is 49.9 Å². The van der Waals surface area contributed by atoms with Gasteiger partial charge in [-0.2, -0.15) is 0 Å². The fourth-order valence-corrected chi connectivity index (χ4v) is 6.59. The lowest BCUT2D eigenvalue weighted by Crippen LogP contribution is -2.33. The summed E-state index contributed by atoms with van der Waals surface area (Å²) in [5, 5.41) is 10.7. The van der Waals surface area contributed by atoms with Crippen molar-refractivity contribution in [1.82, 2.24) is 5.32 Å². The number of hydrogen-bond donors (Lipinski definition) is 1. The molecule has 0 saturated heterocycles. The zero-order chi connectivity index (χ0) is 29.7. The maximum atomic E-state index is 6.24. The first-order valence-corrected chi connectivity index (χ1v) is 15.2. The summed E-state index contributed by atoms with van der Waals surface area (Å²) in [5.74, 6) is 1.49. The smallest absolute Gasteiger partial charge is 0.160 e. The highest BCUT2D eigenvalue weighted by Crippen LogP contribution is 2.38. The summed E-state index contributed by atoms with van der Waals surface area (Å²) in [6.45, 7) is 0. The largest absolute Gasteiger partial charge is 0.456 e. The van der Waals surface area contributed by atoms with Gasteiger partial charge in [0.15, 0.2) is 5.84 Å². The molecule has 0 radical (unpaired) electrons. The first kappa shape index (κ1) is 25.5. The molecule has 0 bridgehead atoms. The maximum Gasteiger partial charge on any atom is 0.160 e. The number of nitrogens with one attached hydrogen (secondary N) is 1. The maximum absolute atomic E-state index is 6.24. The van der Waals surface area contributed by atoms with Crippen molar-refractivity contribution in [2.24, 2.45) is 9.98 Å². The number of nitrogens with zero attached hydrogens (tertiary/aromatic N) is 2. The Balaban J connectivity index is 1.23. The van der Waals surface area contributed by atoms with Crippen LogP contribution in [0, 0.1) is 0 Å². The summed E-state index contributed by atoms with van der Waals surface area (Å²) in [7, 11) is 0. The highest BCUT2D eigenvalue weighted by Gasteiger charge is 2.24. The van der Waals surface area contributed by atoms with Crippen LogP contribution in [0.5, 0.6) is 0 Å². The molecule has 0 fully saturated rings. The molecule has 1 N–H and O–H groups in total. The fraction of sp³-hybridized carbons (Fsp3) is 0.0244. The van der Waals surface area contributed by atoms with Gasteiger partial charge in [-0.3, -0.25) is 0 Å². The lowest BCUT2D eigenvalue weighted by molar-refractivity contribution is 0.669. The van der Waals surface area contributed by atoms with Gasteiger partial charge in [-0.25, -0.2) is 9.98 Å². The van der Waals surface area contributed by atoms with E-state index in [1.807, 2.05) is 24.3 Å². The van der Waals surface area contributed by atoms with Crippen LogP contribution in [0.3, 0.4) is 0 Å². The molecule has 1 aromatic heterocycles. The Morgan fingerprint density at radius 1 is 0.511 bits per heavy atom. The van der Waals surface area contributed by atoms with Gasteiger partial charge in [0.05, 0.1) is 0 Å². The Morgan fingerprint density at radius 2 is 1.20 bits per heavy atom. The molecule has 0 aliphatic carbocycles. The molecule has 0 spiro atoms. The van der Waals surface area contributed by atoms with E-state index in [1.54, 1.807) is 0 Å². The van der Waals surface area contributed by atoms with Crippen molar-refractivity contribution in [3.8, 4) is 11.1 Å². The monoisotopic (exact) mass is 577 g/mol. The molecule has 4 nitrogen and oxygen atoms in total. The molecule has 1 unspecified atom stereocenters. The highest BCUT2D eigenvalue weighted by molar-refractivity contribution is 6.19. The van der Waals surface area contributed by atoms with Crippen molar-refractivity contribution < 1.29 is 4.42 Å². The molecule has 212 valence electrons. The van der Waals surface area contributed by atoms with Gasteiger partial charge in [0, 0.05) is 21.9 Å². The molecule has 7 aromatic carbocycles. The predicted octanol–water partition coefficient (Wildman–Crippen LogP) is 10.1.